The van der Waals surface area contributed by atoms with E-state index in [9.17, 15) is 9.90 Å². The lowest BCUT2D eigenvalue weighted by Crippen LogP contribution is -2.45. The first-order chi connectivity index (χ1) is 8.49. The standard InChI is InChI=1S/C13H27N3O2/c1-4-5-10(7-14)13(18)16-9-12(17)6-11(16)8-15(2)3/h10-12,17H,4-9,14H2,1-3H3. The van der Waals surface area contributed by atoms with Crippen molar-refractivity contribution >= 4 is 5.91 Å². The summed E-state index contributed by atoms with van der Waals surface area (Å²) in [6.07, 6.45) is 2.07. The lowest BCUT2D eigenvalue weighted by atomic mass is 10.0. The number of nitrogens with two attached hydrogens (primary N) is 1. The van der Waals surface area contributed by atoms with Gasteiger partial charge >= 0.3 is 0 Å². The second-order valence-electron chi connectivity index (χ2n) is 5.52. The second kappa shape index (κ2) is 7.07. The van der Waals surface area contributed by atoms with Crippen LogP contribution in [0.1, 0.15) is 26.2 Å². The Kier molecular flexibility index (Phi) is 6.05. The van der Waals surface area contributed by atoms with Crippen LogP contribution in [0.5, 0.6) is 0 Å². The number of β-amino-alcohol motifs (C(OH)–C–C–N with tert-alkyl or cyclic N) is 1. The van der Waals surface area contributed by atoms with Gasteiger partial charge in [0, 0.05) is 25.7 Å². The summed E-state index contributed by atoms with van der Waals surface area (Å²) in [5, 5.41) is 9.77. The Balaban J connectivity index is 2.68. The lowest BCUT2D eigenvalue weighted by Gasteiger charge is -2.29. The van der Waals surface area contributed by atoms with Crippen LogP contribution in [0, 0.1) is 5.92 Å². The molecule has 0 spiro atoms. The van der Waals surface area contributed by atoms with Crippen molar-refractivity contribution in [2.45, 2.75) is 38.3 Å². The van der Waals surface area contributed by atoms with Gasteiger partial charge in [-0.3, -0.25) is 4.79 Å². The Labute approximate surface area is 110 Å². The molecule has 0 aromatic carbocycles. The molecule has 1 heterocycles. The number of likely N-dealkylation sites (tertiary alicyclic amines) is 1. The van der Waals surface area contributed by atoms with Crippen LogP contribution in [0.15, 0.2) is 0 Å². The van der Waals surface area contributed by atoms with Crippen molar-refractivity contribution in [1.82, 2.24) is 9.80 Å². The van der Waals surface area contributed by atoms with Crippen molar-refractivity contribution < 1.29 is 9.90 Å². The molecule has 1 rings (SSSR count). The summed E-state index contributed by atoms with van der Waals surface area (Å²) in [6.45, 7) is 3.71. The largest absolute Gasteiger partial charge is 0.391 e. The molecule has 3 N–H and O–H groups in total. The average molecular weight is 257 g/mol. The molecule has 1 aliphatic rings. The number of rotatable bonds is 6. The highest BCUT2D eigenvalue weighted by Crippen LogP contribution is 2.22. The highest BCUT2D eigenvalue weighted by atomic mass is 16.3. The summed E-state index contributed by atoms with van der Waals surface area (Å²) >= 11 is 0. The molecule has 1 saturated heterocycles. The number of nitrogens with zero attached hydrogens (tertiary/aromatic N) is 2. The Hall–Kier alpha value is -0.650. The number of carbonyl (C=O) groups is 1. The maximum Gasteiger partial charge on any atom is 0.227 e. The molecule has 3 unspecified atom stereocenters. The van der Waals surface area contributed by atoms with Gasteiger partial charge in [-0.05, 0) is 26.9 Å². The lowest BCUT2D eigenvalue weighted by molar-refractivity contribution is -0.136. The normalized spacial score (nSPS) is 25.8. The molecule has 0 saturated carbocycles. The minimum Gasteiger partial charge on any atom is -0.391 e. The van der Waals surface area contributed by atoms with E-state index in [1.165, 1.54) is 0 Å². The topological polar surface area (TPSA) is 69.8 Å². The van der Waals surface area contributed by atoms with Crippen LogP contribution in [0.25, 0.3) is 0 Å². The maximum absolute atomic E-state index is 12.4. The van der Waals surface area contributed by atoms with Crippen molar-refractivity contribution in [3.05, 3.63) is 0 Å². The zero-order valence-corrected chi connectivity index (χ0v) is 11.8. The molecule has 106 valence electrons. The third-order valence-electron chi connectivity index (χ3n) is 3.52. The zero-order valence-electron chi connectivity index (χ0n) is 11.8. The molecule has 0 aliphatic carbocycles. The van der Waals surface area contributed by atoms with E-state index in [0.29, 0.717) is 19.5 Å². The molecule has 0 aromatic rings. The minimum absolute atomic E-state index is 0.0926. The number of hydrogen-bond acceptors (Lipinski definition) is 4. The van der Waals surface area contributed by atoms with Gasteiger partial charge in [-0.25, -0.2) is 0 Å². The monoisotopic (exact) mass is 257 g/mol. The van der Waals surface area contributed by atoms with Gasteiger partial charge in [0.2, 0.25) is 5.91 Å². The van der Waals surface area contributed by atoms with Crippen LogP contribution >= 0.6 is 0 Å². The molecular formula is C13H27N3O2. The van der Waals surface area contributed by atoms with Crippen LogP contribution in [0.2, 0.25) is 0 Å². The first kappa shape index (κ1) is 15.4. The molecule has 0 aromatic heterocycles. The zero-order chi connectivity index (χ0) is 13.7. The minimum atomic E-state index is -0.390. The third-order valence-corrected chi connectivity index (χ3v) is 3.52. The second-order valence-corrected chi connectivity index (χ2v) is 5.52. The van der Waals surface area contributed by atoms with Gasteiger partial charge in [0.25, 0.3) is 0 Å². The molecule has 18 heavy (non-hydrogen) atoms. The Morgan fingerprint density at radius 1 is 1.56 bits per heavy atom. The average Bonchev–Trinajstić information content (AvgIpc) is 2.65. The first-order valence-electron chi connectivity index (χ1n) is 6.82. The molecule has 5 nitrogen and oxygen atoms in total. The fraction of sp³-hybridized carbons (Fsp3) is 0.923. The summed E-state index contributed by atoms with van der Waals surface area (Å²) < 4.78 is 0. The number of carbonyl (C=O) groups excluding carboxylic acids is 1. The molecule has 0 radical (unpaired) electrons. The summed E-state index contributed by atoms with van der Waals surface area (Å²) in [4.78, 5) is 16.3. The smallest absolute Gasteiger partial charge is 0.227 e. The van der Waals surface area contributed by atoms with Gasteiger partial charge < -0.3 is 20.6 Å². The summed E-state index contributed by atoms with van der Waals surface area (Å²) in [5.41, 5.74) is 5.69. The van der Waals surface area contributed by atoms with Crippen molar-refractivity contribution in [2.24, 2.45) is 11.7 Å². The fourth-order valence-electron chi connectivity index (χ4n) is 2.68. The summed E-state index contributed by atoms with van der Waals surface area (Å²) in [7, 11) is 3.97. The van der Waals surface area contributed by atoms with Crippen molar-refractivity contribution in [3.63, 3.8) is 0 Å². The van der Waals surface area contributed by atoms with Gasteiger partial charge in [0.15, 0.2) is 0 Å². The van der Waals surface area contributed by atoms with Crippen LogP contribution in [-0.4, -0.2) is 66.7 Å². The Bertz CT molecular complexity index is 271. The highest BCUT2D eigenvalue weighted by Gasteiger charge is 2.36. The van der Waals surface area contributed by atoms with E-state index in [-0.39, 0.29) is 24.0 Å². The quantitative estimate of drug-likeness (QED) is 0.696. The maximum atomic E-state index is 12.4. The van der Waals surface area contributed by atoms with E-state index < -0.39 is 0 Å². The van der Waals surface area contributed by atoms with Crippen molar-refractivity contribution in [2.75, 3.05) is 33.7 Å². The SMILES string of the molecule is CCCC(CN)C(=O)N1CC(O)CC1CN(C)C. The molecule has 1 aliphatic heterocycles. The van der Waals surface area contributed by atoms with E-state index in [2.05, 4.69) is 11.8 Å². The van der Waals surface area contributed by atoms with Gasteiger partial charge in [-0.1, -0.05) is 13.3 Å². The number of aliphatic hydroxyl groups excluding tert-OH is 1. The molecule has 1 amide bonds. The predicted octanol–water partition coefficient (Wildman–Crippen LogP) is -0.115. The Morgan fingerprint density at radius 3 is 2.72 bits per heavy atom. The van der Waals surface area contributed by atoms with Crippen LogP contribution in [0.4, 0.5) is 0 Å². The molecular weight excluding hydrogens is 230 g/mol. The highest BCUT2D eigenvalue weighted by molar-refractivity contribution is 5.79. The van der Waals surface area contributed by atoms with E-state index >= 15 is 0 Å². The van der Waals surface area contributed by atoms with Gasteiger partial charge in [0.05, 0.1) is 12.0 Å². The fourth-order valence-corrected chi connectivity index (χ4v) is 2.68. The van der Waals surface area contributed by atoms with Crippen LogP contribution < -0.4 is 5.73 Å². The van der Waals surface area contributed by atoms with Gasteiger partial charge in [-0.15, -0.1) is 0 Å². The van der Waals surface area contributed by atoms with Crippen molar-refractivity contribution in [3.8, 4) is 0 Å². The van der Waals surface area contributed by atoms with E-state index in [1.54, 1.807) is 0 Å². The number of likely N-dealkylation sites (N-methyl/N-ethyl adjacent to an activating group) is 1. The predicted molar refractivity (Wildman–Crippen MR) is 72.1 cm³/mol. The van der Waals surface area contributed by atoms with Gasteiger partial charge in [-0.2, -0.15) is 0 Å². The van der Waals surface area contributed by atoms with Crippen LogP contribution in [0.3, 0.4) is 0 Å². The summed E-state index contributed by atoms with van der Waals surface area (Å²) in [5.74, 6) is 0.0210. The Morgan fingerprint density at radius 2 is 2.22 bits per heavy atom. The molecule has 0 bridgehead atoms. The first-order valence-corrected chi connectivity index (χ1v) is 6.82. The number of amides is 1. The van der Waals surface area contributed by atoms with E-state index in [4.69, 9.17) is 5.73 Å². The van der Waals surface area contributed by atoms with E-state index in [1.807, 2.05) is 19.0 Å². The molecule has 1 fully saturated rings. The van der Waals surface area contributed by atoms with Crippen molar-refractivity contribution in [1.29, 1.82) is 0 Å². The number of aliphatic hydroxyl groups is 1. The van der Waals surface area contributed by atoms with E-state index in [0.717, 1.165) is 19.4 Å². The molecule has 5 heteroatoms. The van der Waals surface area contributed by atoms with Crippen LogP contribution in [-0.2, 0) is 4.79 Å². The summed E-state index contributed by atoms with van der Waals surface area (Å²) in [6, 6.07) is 0.119. The number of hydrogen-bond donors (Lipinski definition) is 2. The van der Waals surface area contributed by atoms with Gasteiger partial charge in [0.1, 0.15) is 0 Å². The molecule has 3 atom stereocenters. The third kappa shape index (κ3) is 3.93.